The Bertz CT molecular complexity index is 1040. The fraction of sp³-hybridized carbons (Fsp3) is 0.105. The Kier molecular flexibility index (Phi) is 4.11. The van der Waals surface area contributed by atoms with E-state index in [0.29, 0.717) is 11.1 Å². The largest absolute Gasteiger partial charge is 0.295 e. The second-order valence-electron chi connectivity index (χ2n) is 5.66. The van der Waals surface area contributed by atoms with Crippen LogP contribution in [0.5, 0.6) is 0 Å². The predicted octanol–water partition coefficient (Wildman–Crippen LogP) is 3.79. The Morgan fingerprint density at radius 3 is 2.38 bits per heavy atom. The summed E-state index contributed by atoms with van der Waals surface area (Å²) < 4.78 is 27.2. The van der Waals surface area contributed by atoms with Gasteiger partial charge >= 0.3 is 0 Å². The van der Waals surface area contributed by atoms with Gasteiger partial charge in [-0.2, -0.15) is 0 Å². The van der Waals surface area contributed by atoms with Crippen LogP contribution < -0.4 is 0 Å². The Morgan fingerprint density at radius 1 is 1.04 bits per heavy atom. The first kappa shape index (κ1) is 16.2. The Hall–Kier alpha value is -2.66. The lowest BCUT2D eigenvalue weighted by atomic mass is 10.1. The molecule has 0 saturated carbocycles. The first-order valence-electron chi connectivity index (χ1n) is 7.50. The van der Waals surface area contributed by atoms with Crippen LogP contribution in [0.1, 0.15) is 18.1 Å². The number of carbonyl (C=O) groups excluding carboxylic acids is 1. The van der Waals surface area contributed by atoms with E-state index < -0.39 is 10.0 Å². The molecule has 24 heavy (non-hydrogen) atoms. The van der Waals surface area contributed by atoms with E-state index in [4.69, 9.17) is 0 Å². The Labute approximate surface area is 141 Å². The summed E-state index contributed by atoms with van der Waals surface area (Å²) in [6.45, 7) is 3.37. The summed E-state index contributed by atoms with van der Waals surface area (Å²) in [5, 5.41) is 0.783. The van der Waals surface area contributed by atoms with Gasteiger partial charge in [-0.25, -0.2) is 12.4 Å². The quantitative estimate of drug-likeness (QED) is 0.680. The zero-order chi connectivity index (χ0) is 17.3. The van der Waals surface area contributed by atoms with E-state index in [-0.39, 0.29) is 10.7 Å². The van der Waals surface area contributed by atoms with Crippen molar-refractivity contribution < 1.29 is 13.2 Å². The molecule has 0 aliphatic rings. The van der Waals surface area contributed by atoms with Crippen molar-refractivity contribution in [3.63, 3.8) is 0 Å². The molecule has 0 aliphatic heterocycles. The normalized spacial score (nSPS) is 12.1. The molecule has 0 amide bonds. The van der Waals surface area contributed by atoms with Crippen molar-refractivity contribution in [3.05, 3.63) is 71.9 Å². The molecular formula is C19H17NO3S. The summed E-state index contributed by atoms with van der Waals surface area (Å²) in [6, 6.07) is 14.0. The molecule has 0 spiro atoms. The van der Waals surface area contributed by atoms with Crippen LogP contribution in [-0.4, -0.2) is 18.2 Å². The van der Waals surface area contributed by atoms with Gasteiger partial charge < -0.3 is 0 Å². The minimum atomic E-state index is -3.70. The smallest absolute Gasteiger partial charge is 0.268 e. The maximum atomic E-state index is 13.0. The lowest BCUT2D eigenvalue weighted by Gasteiger charge is -2.07. The van der Waals surface area contributed by atoms with Gasteiger partial charge in [-0.1, -0.05) is 35.9 Å². The third-order valence-electron chi connectivity index (χ3n) is 3.78. The lowest BCUT2D eigenvalue weighted by Crippen LogP contribution is -2.11. The molecule has 2 aromatic carbocycles. The van der Waals surface area contributed by atoms with Gasteiger partial charge in [0.05, 0.1) is 10.4 Å². The van der Waals surface area contributed by atoms with Crippen LogP contribution in [0.15, 0.2) is 65.7 Å². The summed E-state index contributed by atoms with van der Waals surface area (Å²) in [5.74, 6) is -0.0896. The number of rotatable bonds is 4. The zero-order valence-electron chi connectivity index (χ0n) is 13.4. The highest BCUT2D eigenvalue weighted by atomic mass is 32.2. The number of hydrogen-bond acceptors (Lipinski definition) is 3. The van der Waals surface area contributed by atoms with E-state index in [1.807, 2.05) is 19.1 Å². The second-order valence-corrected chi connectivity index (χ2v) is 7.47. The first-order valence-corrected chi connectivity index (χ1v) is 8.94. The van der Waals surface area contributed by atoms with Gasteiger partial charge in [0.25, 0.3) is 10.0 Å². The molecule has 3 rings (SSSR count). The lowest BCUT2D eigenvalue weighted by molar-refractivity contribution is -0.112. The van der Waals surface area contributed by atoms with E-state index in [9.17, 15) is 13.2 Å². The van der Waals surface area contributed by atoms with Crippen LogP contribution in [0.25, 0.3) is 17.0 Å². The van der Waals surface area contributed by atoms with Gasteiger partial charge in [0.1, 0.15) is 0 Å². The monoisotopic (exact) mass is 339 g/mol. The van der Waals surface area contributed by atoms with Gasteiger partial charge in [0.15, 0.2) is 5.78 Å². The van der Waals surface area contributed by atoms with Crippen molar-refractivity contribution in [2.75, 3.05) is 0 Å². The topological polar surface area (TPSA) is 56.1 Å². The molecule has 122 valence electrons. The third-order valence-corrected chi connectivity index (χ3v) is 5.47. The zero-order valence-corrected chi connectivity index (χ0v) is 14.2. The summed E-state index contributed by atoms with van der Waals surface area (Å²) in [7, 11) is -3.70. The highest BCUT2D eigenvalue weighted by Crippen LogP contribution is 2.27. The molecule has 0 unspecified atom stereocenters. The maximum absolute atomic E-state index is 13.0. The van der Waals surface area contributed by atoms with Crippen LogP contribution in [0.3, 0.4) is 0 Å². The average molecular weight is 339 g/mol. The maximum Gasteiger partial charge on any atom is 0.268 e. The summed E-state index contributed by atoms with van der Waals surface area (Å²) in [4.78, 5) is 11.4. The minimum Gasteiger partial charge on any atom is -0.295 e. The van der Waals surface area contributed by atoms with E-state index in [1.54, 1.807) is 48.7 Å². The number of para-hydroxylation sites is 1. The van der Waals surface area contributed by atoms with Gasteiger partial charge in [0.2, 0.25) is 0 Å². The fourth-order valence-corrected chi connectivity index (χ4v) is 3.92. The standard InChI is InChI=1S/C19H17NO3S/c1-14-7-11-17(12-8-14)24(22,23)20-13-16(10-9-15(2)21)18-5-3-4-6-19(18)20/h3-13H,1-2H3/b10-9+. The number of ketones is 1. The van der Waals surface area contributed by atoms with Crippen LogP contribution in [0, 0.1) is 6.92 Å². The molecule has 0 aliphatic carbocycles. The fourth-order valence-electron chi connectivity index (χ4n) is 2.54. The molecular weight excluding hydrogens is 322 g/mol. The van der Waals surface area contributed by atoms with Crippen molar-refractivity contribution in [1.29, 1.82) is 0 Å². The molecule has 0 N–H and O–H groups in total. The third kappa shape index (κ3) is 2.90. The molecule has 0 fully saturated rings. The summed E-state index contributed by atoms with van der Waals surface area (Å²) in [6.07, 6.45) is 4.63. The number of allylic oxidation sites excluding steroid dienone is 1. The molecule has 0 saturated heterocycles. The van der Waals surface area contributed by atoms with E-state index >= 15 is 0 Å². The molecule has 1 aromatic heterocycles. The van der Waals surface area contributed by atoms with Crippen molar-refractivity contribution in [1.82, 2.24) is 3.97 Å². The first-order chi connectivity index (χ1) is 11.4. The number of benzene rings is 2. The van der Waals surface area contributed by atoms with Crippen LogP contribution in [0.4, 0.5) is 0 Å². The second kappa shape index (κ2) is 6.09. The molecule has 3 aromatic rings. The SMILES string of the molecule is CC(=O)/C=C/c1cn(S(=O)(=O)c2ccc(C)cc2)c2ccccc12. The molecule has 0 bridgehead atoms. The van der Waals surface area contributed by atoms with Crippen molar-refractivity contribution in [3.8, 4) is 0 Å². The number of aromatic nitrogens is 1. The van der Waals surface area contributed by atoms with Gasteiger partial charge in [-0.3, -0.25) is 4.79 Å². The van der Waals surface area contributed by atoms with E-state index in [0.717, 1.165) is 10.9 Å². The number of hydrogen-bond donors (Lipinski definition) is 0. The molecule has 0 atom stereocenters. The molecule has 4 nitrogen and oxygen atoms in total. The summed E-state index contributed by atoms with van der Waals surface area (Å²) >= 11 is 0. The van der Waals surface area contributed by atoms with Gasteiger partial charge in [0, 0.05) is 17.1 Å². The number of aryl methyl sites for hydroxylation is 1. The van der Waals surface area contributed by atoms with Crippen LogP contribution in [-0.2, 0) is 14.8 Å². The molecule has 5 heteroatoms. The van der Waals surface area contributed by atoms with Crippen LogP contribution >= 0.6 is 0 Å². The van der Waals surface area contributed by atoms with E-state index in [1.165, 1.54) is 17.0 Å². The van der Waals surface area contributed by atoms with Gasteiger partial charge in [-0.15, -0.1) is 0 Å². The minimum absolute atomic E-state index is 0.0896. The van der Waals surface area contributed by atoms with Crippen molar-refractivity contribution in [2.45, 2.75) is 18.7 Å². The average Bonchev–Trinajstić information content (AvgIpc) is 2.93. The van der Waals surface area contributed by atoms with Crippen LogP contribution in [0.2, 0.25) is 0 Å². The van der Waals surface area contributed by atoms with Crippen molar-refractivity contribution in [2.24, 2.45) is 0 Å². The number of nitrogens with zero attached hydrogens (tertiary/aromatic N) is 1. The number of fused-ring (bicyclic) bond motifs is 1. The predicted molar refractivity (Wildman–Crippen MR) is 95.4 cm³/mol. The summed E-state index contributed by atoms with van der Waals surface area (Å²) in [5.41, 5.74) is 2.27. The molecule has 0 radical (unpaired) electrons. The Balaban J connectivity index is 2.22. The highest BCUT2D eigenvalue weighted by Gasteiger charge is 2.20. The number of carbonyl (C=O) groups is 1. The Morgan fingerprint density at radius 2 is 1.71 bits per heavy atom. The van der Waals surface area contributed by atoms with Gasteiger partial charge in [-0.05, 0) is 44.2 Å². The van der Waals surface area contributed by atoms with Crippen molar-refractivity contribution >= 4 is 32.8 Å². The highest BCUT2D eigenvalue weighted by molar-refractivity contribution is 7.90. The van der Waals surface area contributed by atoms with E-state index in [2.05, 4.69) is 0 Å². The molecule has 1 heterocycles.